The zero-order chi connectivity index (χ0) is 15.1. The molecule has 2 aromatic heterocycles. The Morgan fingerprint density at radius 3 is 2.81 bits per heavy atom. The van der Waals surface area contributed by atoms with Crippen molar-refractivity contribution in [2.24, 2.45) is 0 Å². The molecule has 2 heterocycles. The van der Waals surface area contributed by atoms with E-state index in [0.717, 1.165) is 0 Å². The van der Waals surface area contributed by atoms with Crippen molar-refractivity contribution in [3.63, 3.8) is 0 Å². The number of aryl methyl sites for hydroxylation is 1. The number of aromatic carboxylic acids is 1. The normalized spacial score (nSPS) is 11.0. The van der Waals surface area contributed by atoms with Gasteiger partial charge in [0.2, 0.25) is 0 Å². The predicted molar refractivity (Wildman–Crippen MR) is 77.3 cm³/mol. The highest BCUT2D eigenvalue weighted by Gasteiger charge is 2.20. The maximum atomic E-state index is 13.5. The van der Waals surface area contributed by atoms with Gasteiger partial charge in [-0.2, -0.15) is 0 Å². The molecule has 21 heavy (non-hydrogen) atoms. The molecule has 0 radical (unpaired) electrons. The summed E-state index contributed by atoms with van der Waals surface area (Å²) in [6.07, 6.45) is 1.56. The van der Waals surface area contributed by atoms with Crippen LogP contribution in [0.15, 0.2) is 36.5 Å². The van der Waals surface area contributed by atoms with Crippen LogP contribution in [-0.4, -0.2) is 20.5 Å². The number of hydrogen-bond donors (Lipinski definition) is 1. The van der Waals surface area contributed by atoms with Crippen LogP contribution >= 0.6 is 11.6 Å². The number of carbonyl (C=O) groups is 1. The zero-order valence-corrected chi connectivity index (χ0v) is 11.7. The average molecular weight is 305 g/mol. The van der Waals surface area contributed by atoms with Gasteiger partial charge in [0.25, 0.3) is 0 Å². The number of rotatable bonds is 2. The Labute approximate surface area is 124 Å². The molecule has 0 atom stereocenters. The fraction of sp³-hybridized carbons (Fsp3) is 0.0667. The Hall–Kier alpha value is -2.40. The topological polar surface area (TPSA) is 54.6 Å². The molecule has 0 aliphatic rings. The number of benzene rings is 1. The summed E-state index contributed by atoms with van der Waals surface area (Å²) in [5.74, 6) is -0.995. The van der Waals surface area contributed by atoms with Crippen LogP contribution in [0.25, 0.3) is 16.8 Å². The molecule has 0 aliphatic heterocycles. The van der Waals surface area contributed by atoms with Crippen LogP contribution in [0, 0.1) is 12.7 Å². The van der Waals surface area contributed by atoms with E-state index in [1.807, 2.05) is 0 Å². The van der Waals surface area contributed by atoms with Crippen molar-refractivity contribution < 1.29 is 14.3 Å². The second-order valence-electron chi connectivity index (χ2n) is 4.60. The molecule has 0 amide bonds. The van der Waals surface area contributed by atoms with E-state index in [-0.39, 0.29) is 10.6 Å². The second kappa shape index (κ2) is 4.86. The molecule has 1 N–H and O–H groups in total. The van der Waals surface area contributed by atoms with Gasteiger partial charge in [-0.15, -0.1) is 0 Å². The molecule has 0 aliphatic carbocycles. The number of nitrogens with zero attached hydrogens (tertiary/aromatic N) is 2. The number of carboxylic acid groups (broad SMARTS) is 1. The molecular formula is C15H10ClFN2O2. The maximum Gasteiger partial charge on any atom is 0.337 e. The first-order chi connectivity index (χ1) is 9.99. The van der Waals surface area contributed by atoms with E-state index in [1.165, 1.54) is 24.3 Å². The minimum atomic E-state index is -1.13. The highest BCUT2D eigenvalue weighted by Crippen LogP contribution is 2.31. The predicted octanol–water partition coefficient (Wildman–Crippen LogP) is 3.80. The summed E-state index contributed by atoms with van der Waals surface area (Å²) in [5.41, 5.74) is 1.39. The summed E-state index contributed by atoms with van der Waals surface area (Å²) in [4.78, 5) is 15.7. The monoisotopic (exact) mass is 304 g/mol. The Morgan fingerprint density at radius 1 is 1.38 bits per heavy atom. The lowest BCUT2D eigenvalue weighted by Crippen LogP contribution is -2.06. The van der Waals surface area contributed by atoms with Crippen LogP contribution in [0.4, 0.5) is 4.39 Å². The van der Waals surface area contributed by atoms with E-state index in [2.05, 4.69) is 4.98 Å². The Balaban J connectivity index is 2.49. The standard InChI is InChI=1S/C15H10ClFN2O2/c1-8-18-7-13-12(16)6-11(15(20)21)14(19(8)13)9-3-2-4-10(17)5-9/h2-7H,1H3,(H,20,21). The van der Waals surface area contributed by atoms with Crippen molar-refractivity contribution in [2.45, 2.75) is 6.92 Å². The average Bonchev–Trinajstić information content (AvgIpc) is 2.81. The SMILES string of the molecule is Cc1ncc2c(Cl)cc(C(=O)O)c(-c3cccc(F)c3)n12. The van der Waals surface area contributed by atoms with Crippen molar-refractivity contribution in [3.8, 4) is 11.3 Å². The molecule has 0 bridgehead atoms. The van der Waals surface area contributed by atoms with Crippen molar-refractivity contribution >= 4 is 23.1 Å². The summed E-state index contributed by atoms with van der Waals surface area (Å²) in [7, 11) is 0. The molecule has 0 saturated heterocycles. The molecule has 0 saturated carbocycles. The van der Waals surface area contributed by atoms with E-state index >= 15 is 0 Å². The van der Waals surface area contributed by atoms with Crippen LogP contribution in [0.3, 0.4) is 0 Å². The molecule has 1 aromatic carbocycles. The number of carboxylic acids is 1. The fourth-order valence-electron chi connectivity index (χ4n) is 2.37. The summed E-state index contributed by atoms with van der Waals surface area (Å²) in [5, 5.41) is 9.71. The summed E-state index contributed by atoms with van der Waals surface area (Å²) < 4.78 is 15.1. The molecule has 0 unspecified atom stereocenters. The Kier molecular flexibility index (Phi) is 3.14. The van der Waals surface area contributed by atoms with Gasteiger partial charge in [-0.25, -0.2) is 14.2 Å². The summed E-state index contributed by atoms with van der Waals surface area (Å²) in [6.45, 7) is 1.73. The third-order valence-electron chi connectivity index (χ3n) is 3.26. The maximum absolute atomic E-state index is 13.5. The molecule has 0 fully saturated rings. The molecule has 4 nitrogen and oxygen atoms in total. The van der Waals surface area contributed by atoms with E-state index < -0.39 is 11.8 Å². The zero-order valence-electron chi connectivity index (χ0n) is 11.0. The first-order valence-electron chi connectivity index (χ1n) is 6.15. The largest absolute Gasteiger partial charge is 0.478 e. The van der Waals surface area contributed by atoms with Crippen LogP contribution < -0.4 is 0 Å². The van der Waals surface area contributed by atoms with Gasteiger partial charge < -0.3 is 5.11 Å². The molecule has 106 valence electrons. The van der Waals surface area contributed by atoms with Crippen LogP contribution in [0.2, 0.25) is 5.02 Å². The lowest BCUT2D eigenvalue weighted by Gasteiger charge is -2.12. The lowest BCUT2D eigenvalue weighted by molar-refractivity contribution is 0.0697. The van der Waals surface area contributed by atoms with Crippen molar-refractivity contribution in [3.05, 3.63) is 58.8 Å². The van der Waals surface area contributed by atoms with E-state index in [4.69, 9.17) is 11.6 Å². The fourth-order valence-corrected chi connectivity index (χ4v) is 2.61. The highest BCUT2D eigenvalue weighted by atomic mass is 35.5. The first-order valence-corrected chi connectivity index (χ1v) is 6.52. The number of aromatic nitrogens is 2. The van der Waals surface area contributed by atoms with Crippen LogP contribution in [0.1, 0.15) is 16.2 Å². The van der Waals surface area contributed by atoms with Gasteiger partial charge in [0.15, 0.2) is 0 Å². The van der Waals surface area contributed by atoms with Gasteiger partial charge in [-0.3, -0.25) is 4.40 Å². The van der Waals surface area contributed by atoms with E-state index in [1.54, 1.807) is 23.6 Å². The first kappa shape index (κ1) is 13.6. The van der Waals surface area contributed by atoms with Crippen molar-refractivity contribution in [1.29, 1.82) is 0 Å². The number of hydrogen-bond acceptors (Lipinski definition) is 2. The second-order valence-corrected chi connectivity index (χ2v) is 5.00. The van der Waals surface area contributed by atoms with E-state index in [9.17, 15) is 14.3 Å². The summed E-state index contributed by atoms with van der Waals surface area (Å²) >= 11 is 6.11. The van der Waals surface area contributed by atoms with Gasteiger partial charge in [0, 0.05) is 5.56 Å². The third-order valence-corrected chi connectivity index (χ3v) is 3.56. The summed E-state index contributed by atoms with van der Waals surface area (Å²) in [6, 6.07) is 7.13. The molecule has 0 spiro atoms. The Morgan fingerprint density at radius 2 is 2.14 bits per heavy atom. The van der Waals surface area contributed by atoms with Gasteiger partial charge in [0.05, 0.1) is 28.0 Å². The minimum Gasteiger partial charge on any atom is -0.478 e. The van der Waals surface area contributed by atoms with Crippen molar-refractivity contribution in [2.75, 3.05) is 0 Å². The van der Waals surface area contributed by atoms with Crippen molar-refractivity contribution in [1.82, 2.24) is 9.38 Å². The smallest absolute Gasteiger partial charge is 0.337 e. The molecule has 3 aromatic rings. The van der Waals surface area contributed by atoms with Crippen LogP contribution in [-0.2, 0) is 0 Å². The number of fused-ring (bicyclic) bond motifs is 1. The van der Waals surface area contributed by atoms with Crippen LogP contribution in [0.5, 0.6) is 0 Å². The quantitative estimate of drug-likeness (QED) is 0.783. The number of imidazole rings is 1. The minimum absolute atomic E-state index is 0.000741. The number of pyridine rings is 1. The highest BCUT2D eigenvalue weighted by molar-refractivity contribution is 6.34. The molecule has 3 rings (SSSR count). The lowest BCUT2D eigenvalue weighted by atomic mass is 10.0. The molecule has 6 heteroatoms. The van der Waals surface area contributed by atoms with Gasteiger partial charge in [0.1, 0.15) is 11.6 Å². The number of halogens is 2. The van der Waals surface area contributed by atoms with Gasteiger partial charge in [-0.05, 0) is 25.1 Å². The van der Waals surface area contributed by atoms with Gasteiger partial charge in [-0.1, -0.05) is 23.7 Å². The van der Waals surface area contributed by atoms with Gasteiger partial charge >= 0.3 is 5.97 Å². The molecular weight excluding hydrogens is 295 g/mol. The third kappa shape index (κ3) is 2.15. The Bertz CT molecular complexity index is 873. The van der Waals surface area contributed by atoms with E-state index in [0.29, 0.717) is 22.6 Å².